The molecule has 2 aromatic heterocycles. The third-order valence-electron chi connectivity index (χ3n) is 2.69. The highest BCUT2D eigenvalue weighted by Crippen LogP contribution is 2.31. The van der Waals surface area contributed by atoms with Crippen LogP contribution >= 0.6 is 34.3 Å². The van der Waals surface area contributed by atoms with E-state index in [1.54, 1.807) is 5.38 Å². The molecule has 2 heterocycles. The van der Waals surface area contributed by atoms with E-state index >= 15 is 0 Å². The molecule has 0 aliphatic carbocycles. The smallest absolute Gasteiger partial charge is 0.350 e. The van der Waals surface area contributed by atoms with Crippen molar-refractivity contribution in [2.75, 3.05) is 12.4 Å². The van der Waals surface area contributed by atoms with Crippen molar-refractivity contribution in [2.45, 2.75) is 13.8 Å². The number of hydrogen-bond donors (Lipinski definition) is 1. The fourth-order valence-corrected chi connectivity index (χ4v) is 3.69. The van der Waals surface area contributed by atoms with Crippen LogP contribution in [-0.4, -0.2) is 19.0 Å². The van der Waals surface area contributed by atoms with Crippen LogP contribution in [0.2, 0.25) is 5.02 Å². The second-order valence-electron chi connectivity index (χ2n) is 4.13. The Bertz CT molecular complexity index is 675. The van der Waals surface area contributed by atoms with Gasteiger partial charge in [-0.05, 0) is 35.7 Å². The summed E-state index contributed by atoms with van der Waals surface area (Å²) >= 11 is 8.59. The summed E-state index contributed by atoms with van der Waals surface area (Å²) in [5.41, 5.74) is 2.15. The Kier molecular flexibility index (Phi) is 4.47. The van der Waals surface area contributed by atoms with E-state index in [0.717, 1.165) is 11.1 Å². The maximum absolute atomic E-state index is 12.2. The monoisotopic (exact) mass is 329 g/mol. The van der Waals surface area contributed by atoms with Gasteiger partial charge in [0.2, 0.25) is 0 Å². The Labute approximate surface area is 129 Å². The maximum Gasteiger partial charge on any atom is 0.350 e. The van der Waals surface area contributed by atoms with Gasteiger partial charge in [-0.3, -0.25) is 4.79 Å². The van der Waals surface area contributed by atoms with Crippen LogP contribution in [0.4, 0.5) is 5.69 Å². The van der Waals surface area contributed by atoms with Crippen LogP contribution in [0.1, 0.15) is 30.5 Å². The van der Waals surface area contributed by atoms with Gasteiger partial charge >= 0.3 is 5.97 Å². The summed E-state index contributed by atoms with van der Waals surface area (Å²) in [5.74, 6) is -0.786. The number of aryl methyl sites for hydroxylation is 2. The van der Waals surface area contributed by atoms with Gasteiger partial charge in [0.05, 0.1) is 17.8 Å². The second-order valence-corrected chi connectivity index (χ2v) is 6.27. The molecule has 0 saturated heterocycles. The molecule has 1 N–H and O–H groups in total. The minimum atomic E-state index is -0.466. The summed E-state index contributed by atoms with van der Waals surface area (Å²) in [7, 11) is 1.31. The van der Waals surface area contributed by atoms with Crippen LogP contribution in [-0.2, 0) is 4.74 Å². The molecule has 20 heavy (non-hydrogen) atoms. The molecule has 7 heteroatoms. The molecule has 1 amide bonds. The molecule has 0 fully saturated rings. The number of methoxy groups -OCH3 is 1. The second kappa shape index (κ2) is 5.95. The van der Waals surface area contributed by atoms with E-state index in [1.807, 2.05) is 19.2 Å². The normalized spacial score (nSPS) is 10.4. The van der Waals surface area contributed by atoms with Crippen molar-refractivity contribution in [1.82, 2.24) is 0 Å². The zero-order valence-electron chi connectivity index (χ0n) is 11.1. The number of halogens is 1. The lowest BCUT2D eigenvalue weighted by Gasteiger charge is -2.06. The van der Waals surface area contributed by atoms with E-state index in [4.69, 9.17) is 16.3 Å². The minimum absolute atomic E-state index is 0.320. The first-order valence-electron chi connectivity index (χ1n) is 5.67. The molecule has 2 rings (SSSR count). The average Bonchev–Trinajstić information content (AvgIpc) is 2.94. The summed E-state index contributed by atoms with van der Waals surface area (Å²) in [6.07, 6.45) is 0. The largest absolute Gasteiger partial charge is 0.465 e. The zero-order chi connectivity index (χ0) is 14.9. The number of amides is 1. The number of thiophene rings is 2. The lowest BCUT2D eigenvalue weighted by molar-refractivity contribution is 0.0607. The summed E-state index contributed by atoms with van der Waals surface area (Å²) in [4.78, 5) is 24.7. The summed E-state index contributed by atoms with van der Waals surface area (Å²) < 4.78 is 4.70. The van der Waals surface area contributed by atoms with Crippen molar-refractivity contribution in [2.24, 2.45) is 0 Å². The zero-order valence-corrected chi connectivity index (χ0v) is 13.5. The summed E-state index contributed by atoms with van der Waals surface area (Å²) in [6, 6.07) is 0. The van der Waals surface area contributed by atoms with Gasteiger partial charge in [-0.15, -0.1) is 22.7 Å². The minimum Gasteiger partial charge on any atom is -0.465 e. The Morgan fingerprint density at radius 1 is 1.15 bits per heavy atom. The number of ether oxygens (including phenoxy) is 1. The van der Waals surface area contributed by atoms with Crippen molar-refractivity contribution in [3.63, 3.8) is 0 Å². The maximum atomic E-state index is 12.2. The van der Waals surface area contributed by atoms with Crippen LogP contribution in [0.5, 0.6) is 0 Å². The molecule has 0 radical (unpaired) electrons. The number of carbonyl (C=O) groups excluding carboxylic acids is 2. The van der Waals surface area contributed by atoms with Gasteiger partial charge in [0, 0.05) is 0 Å². The highest BCUT2D eigenvalue weighted by molar-refractivity contribution is 7.13. The van der Waals surface area contributed by atoms with Crippen LogP contribution in [0.25, 0.3) is 0 Å². The van der Waals surface area contributed by atoms with Crippen LogP contribution < -0.4 is 5.32 Å². The number of anilines is 1. The van der Waals surface area contributed by atoms with Crippen molar-refractivity contribution in [3.05, 3.63) is 36.7 Å². The molecule has 0 spiro atoms. The molecule has 0 bridgehead atoms. The molecule has 0 unspecified atom stereocenters. The summed E-state index contributed by atoms with van der Waals surface area (Å²) in [5, 5.41) is 6.80. The van der Waals surface area contributed by atoms with Crippen molar-refractivity contribution in [3.8, 4) is 0 Å². The van der Waals surface area contributed by atoms with Crippen molar-refractivity contribution >= 4 is 51.8 Å². The molecule has 2 aromatic rings. The van der Waals surface area contributed by atoms with Crippen molar-refractivity contribution in [1.29, 1.82) is 0 Å². The quantitative estimate of drug-likeness (QED) is 0.862. The van der Waals surface area contributed by atoms with E-state index in [0.29, 0.717) is 20.5 Å². The molecule has 4 nitrogen and oxygen atoms in total. The fraction of sp³-hybridized carbons (Fsp3) is 0.231. The SMILES string of the molecule is COC(=O)c1scc(C)c1NC(=O)c1scc(C)c1Cl. The van der Waals surface area contributed by atoms with Gasteiger partial charge in [-0.25, -0.2) is 4.79 Å². The Morgan fingerprint density at radius 2 is 1.75 bits per heavy atom. The third-order valence-corrected chi connectivity index (χ3v) is 5.46. The average molecular weight is 330 g/mol. The van der Waals surface area contributed by atoms with Gasteiger partial charge in [0.25, 0.3) is 5.91 Å². The number of hydrogen-bond acceptors (Lipinski definition) is 5. The topological polar surface area (TPSA) is 55.4 Å². The molecule has 0 aliphatic heterocycles. The predicted octanol–water partition coefficient (Wildman–Crippen LogP) is 4.12. The molecule has 0 aliphatic rings. The van der Waals surface area contributed by atoms with Crippen LogP contribution in [0.3, 0.4) is 0 Å². The summed E-state index contributed by atoms with van der Waals surface area (Å²) in [6.45, 7) is 3.66. The number of rotatable bonds is 3. The third kappa shape index (κ3) is 2.72. The molecular formula is C13H12ClNO3S2. The van der Waals surface area contributed by atoms with Crippen molar-refractivity contribution < 1.29 is 14.3 Å². The van der Waals surface area contributed by atoms with Crippen LogP contribution in [0, 0.1) is 13.8 Å². The van der Waals surface area contributed by atoms with E-state index in [2.05, 4.69) is 5.32 Å². The predicted molar refractivity (Wildman–Crippen MR) is 82.4 cm³/mol. The Morgan fingerprint density at radius 3 is 2.30 bits per heavy atom. The first kappa shape index (κ1) is 15.0. The molecule has 106 valence electrons. The highest BCUT2D eigenvalue weighted by atomic mass is 35.5. The van der Waals surface area contributed by atoms with Gasteiger partial charge in [0.1, 0.15) is 9.75 Å². The van der Waals surface area contributed by atoms with Gasteiger partial charge < -0.3 is 10.1 Å². The lowest BCUT2D eigenvalue weighted by Crippen LogP contribution is -2.14. The standard InChI is InChI=1S/C13H12ClNO3S2/c1-6-4-19-10(8(6)14)12(16)15-9-7(2)5-20-11(9)13(17)18-3/h4-5H,1-3H3,(H,15,16). The molecule has 0 aromatic carbocycles. The lowest BCUT2D eigenvalue weighted by atomic mass is 10.2. The van der Waals surface area contributed by atoms with E-state index in [9.17, 15) is 9.59 Å². The highest BCUT2D eigenvalue weighted by Gasteiger charge is 2.21. The molecular weight excluding hydrogens is 318 g/mol. The molecule has 0 saturated carbocycles. The van der Waals surface area contributed by atoms with E-state index in [1.165, 1.54) is 29.8 Å². The Hall–Kier alpha value is -1.37. The number of nitrogens with one attached hydrogen (secondary N) is 1. The number of esters is 1. The van der Waals surface area contributed by atoms with E-state index < -0.39 is 5.97 Å². The van der Waals surface area contributed by atoms with Gasteiger partial charge in [0.15, 0.2) is 0 Å². The molecule has 0 atom stereocenters. The van der Waals surface area contributed by atoms with Crippen LogP contribution in [0.15, 0.2) is 10.8 Å². The number of carbonyl (C=O) groups is 2. The first-order chi connectivity index (χ1) is 9.45. The fourth-order valence-electron chi connectivity index (χ4n) is 1.60. The van der Waals surface area contributed by atoms with Gasteiger partial charge in [-0.1, -0.05) is 11.6 Å². The Balaban J connectivity index is 2.31. The van der Waals surface area contributed by atoms with Gasteiger partial charge in [-0.2, -0.15) is 0 Å². The first-order valence-corrected chi connectivity index (χ1v) is 7.80. The van der Waals surface area contributed by atoms with E-state index in [-0.39, 0.29) is 5.91 Å².